The Hall–Kier alpha value is -2.43. The number of halogens is 4. The van der Waals surface area contributed by atoms with Gasteiger partial charge in [-0.25, -0.2) is 4.98 Å². The summed E-state index contributed by atoms with van der Waals surface area (Å²) in [4.78, 5) is 4.46. The van der Waals surface area contributed by atoms with Crippen LogP contribution in [0.3, 0.4) is 0 Å². The highest BCUT2D eigenvalue weighted by Gasteiger charge is 2.41. The molecule has 0 spiro atoms. The van der Waals surface area contributed by atoms with E-state index >= 15 is 0 Å². The van der Waals surface area contributed by atoms with Gasteiger partial charge in [0.1, 0.15) is 16.9 Å². The van der Waals surface area contributed by atoms with E-state index in [1.54, 1.807) is 36.4 Å². The minimum atomic E-state index is -4.64. The zero-order valence-electron chi connectivity index (χ0n) is 14.3. The maximum absolute atomic E-state index is 13.9. The zero-order valence-corrected chi connectivity index (χ0v) is 15.9. The maximum Gasteiger partial charge on any atom is 0.418 e. The van der Waals surface area contributed by atoms with Crippen molar-refractivity contribution < 1.29 is 17.6 Å². The molecule has 0 bridgehead atoms. The SMILES string of the molecule is N#Cc1c(SCc2ccc(Cl)cc2)nc2c(c1C(F)(F)F)CCc1occc1-2. The number of fused-ring (bicyclic) bond motifs is 3. The van der Waals surface area contributed by atoms with Crippen molar-refractivity contribution in [2.45, 2.75) is 29.8 Å². The lowest BCUT2D eigenvalue weighted by Crippen LogP contribution is -2.18. The summed E-state index contributed by atoms with van der Waals surface area (Å²) in [5.74, 6) is 0.985. The molecule has 1 aliphatic rings. The lowest BCUT2D eigenvalue weighted by atomic mass is 9.89. The van der Waals surface area contributed by atoms with Gasteiger partial charge in [-0.15, -0.1) is 11.8 Å². The highest BCUT2D eigenvalue weighted by molar-refractivity contribution is 7.98. The minimum Gasteiger partial charge on any atom is -0.469 e. The molecule has 2 heterocycles. The van der Waals surface area contributed by atoms with Crippen LogP contribution in [0, 0.1) is 11.3 Å². The van der Waals surface area contributed by atoms with Crippen molar-refractivity contribution in [3.8, 4) is 17.3 Å². The number of nitriles is 1. The number of aromatic nitrogens is 1. The van der Waals surface area contributed by atoms with Gasteiger partial charge in [0.25, 0.3) is 0 Å². The largest absolute Gasteiger partial charge is 0.469 e. The fourth-order valence-electron chi connectivity index (χ4n) is 3.30. The Labute approximate surface area is 168 Å². The molecule has 8 heteroatoms. The van der Waals surface area contributed by atoms with Crippen LogP contribution in [0.2, 0.25) is 5.02 Å². The molecule has 0 atom stereocenters. The number of furan rings is 1. The van der Waals surface area contributed by atoms with Crippen molar-refractivity contribution in [2.24, 2.45) is 0 Å². The summed E-state index contributed by atoms with van der Waals surface area (Å²) in [7, 11) is 0. The van der Waals surface area contributed by atoms with Crippen molar-refractivity contribution in [3.05, 3.63) is 69.6 Å². The lowest BCUT2D eigenvalue weighted by Gasteiger charge is -2.22. The zero-order chi connectivity index (χ0) is 19.9. The van der Waals surface area contributed by atoms with Crippen molar-refractivity contribution in [1.82, 2.24) is 4.98 Å². The van der Waals surface area contributed by atoms with Crippen LogP contribution >= 0.6 is 23.4 Å². The lowest BCUT2D eigenvalue weighted by molar-refractivity contribution is -0.138. The third-order valence-corrected chi connectivity index (χ3v) is 5.85. The molecule has 1 aromatic carbocycles. The van der Waals surface area contributed by atoms with E-state index < -0.39 is 17.3 Å². The van der Waals surface area contributed by atoms with Crippen molar-refractivity contribution >= 4 is 23.4 Å². The first-order valence-electron chi connectivity index (χ1n) is 8.36. The van der Waals surface area contributed by atoms with Crippen LogP contribution in [-0.4, -0.2) is 4.98 Å². The second-order valence-electron chi connectivity index (χ2n) is 6.28. The Morgan fingerprint density at radius 1 is 1.18 bits per heavy atom. The summed E-state index contributed by atoms with van der Waals surface area (Å²) in [5, 5.41) is 10.2. The number of rotatable bonds is 3. The predicted octanol–water partition coefficient (Wildman–Crippen LogP) is 6.28. The number of benzene rings is 1. The standard InChI is InChI=1S/C20H12ClF3N2OS/c21-12-3-1-11(2-4-12)10-28-19-15(9-25)17(20(22,23)24)14-5-6-16-13(7-8-27-16)18(14)26-19/h1-4,7-8H,5-6,10H2. The summed E-state index contributed by atoms with van der Waals surface area (Å²) in [6.45, 7) is 0. The van der Waals surface area contributed by atoms with Crippen molar-refractivity contribution in [3.63, 3.8) is 0 Å². The number of alkyl halides is 3. The van der Waals surface area contributed by atoms with Gasteiger partial charge in [-0.3, -0.25) is 0 Å². The fourth-order valence-corrected chi connectivity index (χ4v) is 4.37. The van der Waals surface area contributed by atoms with E-state index in [1.165, 1.54) is 6.26 Å². The topological polar surface area (TPSA) is 49.8 Å². The van der Waals surface area contributed by atoms with E-state index in [-0.39, 0.29) is 22.7 Å². The van der Waals surface area contributed by atoms with Crippen LogP contribution in [0.4, 0.5) is 13.2 Å². The number of thioether (sulfide) groups is 1. The Morgan fingerprint density at radius 2 is 1.93 bits per heavy atom. The Morgan fingerprint density at radius 3 is 2.61 bits per heavy atom. The molecular weight excluding hydrogens is 409 g/mol. The van der Waals surface area contributed by atoms with E-state index in [2.05, 4.69) is 4.98 Å². The molecule has 3 nitrogen and oxygen atoms in total. The molecule has 0 saturated carbocycles. The van der Waals surface area contributed by atoms with Gasteiger partial charge >= 0.3 is 6.18 Å². The van der Waals surface area contributed by atoms with Crippen LogP contribution in [0.15, 0.2) is 46.0 Å². The van der Waals surface area contributed by atoms with E-state index in [1.807, 2.05) is 0 Å². The van der Waals surface area contributed by atoms with Crippen LogP contribution < -0.4 is 0 Å². The highest BCUT2D eigenvalue weighted by Crippen LogP contribution is 2.45. The number of aryl methyl sites for hydroxylation is 1. The average Bonchev–Trinajstić information content (AvgIpc) is 3.14. The third kappa shape index (κ3) is 3.38. The van der Waals surface area contributed by atoms with E-state index in [9.17, 15) is 18.4 Å². The van der Waals surface area contributed by atoms with Gasteiger partial charge in [0.2, 0.25) is 0 Å². The average molecular weight is 421 g/mol. The molecule has 1 aliphatic carbocycles. The first-order chi connectivity index (χ1) is 13.4. The Bertz CT molecular complexity index is 1080. The first kappa shape index (κ1) is 18.9. The van der Waals surface area contributed by atoms with Gasteiger partial charge in [0, 0.05) is 22.8 Å². The molecule has 0 saturated heterocycles. The second-order valence-corrected chi connectivity index (χ2v) is 7.68. The minimum absolute atomic E-state index is 0.0637. The van der Waals surface area contributed by atoms with Crippen LogP contribution in [0.1, 0.15) is 28.0 Å². The molecule has 0 amide bonds. The molecule has 0 fully saturated rings. The van der Waals surface area contributed by atoms with Crippen molar-refractivity contribution in [2.75, 3.05) is 0 Å². The predicted molar refractivity (Wildman–Crippen MR) is 100 cm³/mol. The summed E-state index contributed by atoms with van der Waals surface area (Å²) in [6, 6.07) is 10.4. The fraction of sp³-hybridized carbons (Fsp3) is 0.200. The smallest absolute Gasteiger partial charge is 0.418 e. The molecule has 2 aromatic heterocycles. The first-order valence-corrected chi connectivity index (χ1v) is 9.73. The summed E-state index contributed by atoms with van der Waals surface area (Å²) < 4.78 is 47.0. The molecule has 0 radical (unpaired) electrons. The second kappa shape index (κ2) is 7.19. The van der Waals surface area contributed by atoms with E-state index in [4.69, 9.17) is 16.0 Å². The quantitative estimate of drug-likeness (QED) is 0.468. The highest BCUT2D eigenvalue weighted by atomic mass is 35.5. The van der Waals surface area contributed by atoms with Gasteiger partial charge in [-0.2, -0.15) is 18.4 Å². The Balaban J connectivity index is 1.83. The molecule has 4 rings (SSSR count). The molecule has 0 aliphatic heterocycles. The molecular formula is C20H12ClF3N2OS. The normalized spacial score (nSPS) is 13.0. The number of pyridine rings is 1. The van der Waals surface area contributed by atoms with Gasteiger partial charge in [-0.05, 0) is 35.7 Å². The van der Waals surface area contributed by atoms with Crippen LogP contribution in [-0.2, 0) is 24.8 Å². The molecule has 0 N–H and O–H groups in total. The van der Waals surface area contributed by atoms with Crippen LogP contribution in [0.5, 0.6) is 0 Å². The molecule has 142 valence electrons. The summed E-state index contributed by atoms with van der Waals surface area (Å²) in [5.41, 5.74) is 0.441. The summed E-state index contributed by atoms with van der Waals surface area (Å²) >= 11 is 6.97. The maximum atomic E-state index is 13.9. The Kier molecular flexibility index (Phi) is 4.86. The third-order valence-electron chi connectivity index (χ3n) is 4.55. The molecule has 28 heavy (non-hydrogen) atoms. The number of hydrogen-bond donors (Lipinski definition) is 0. The van der Waals surface area contributed by atoms with E-state index in [0.717, 1.165) is 17.3 Å². The van der Waals surface area contributed by atoms with Crippen molar-refractivity contribution in [1.29, 1.82) is 5.26 Å². The van der Waals surface area contributed by atoms with Gasteiger partial charge in [0.05, 0.1) is 23.1 Å². The van der Waals surface area contributed by atoms with Crippen LogP contribution in [0.25, 0.3) is 11.3 Å². The molecule has 0 unspecified atom stereocenters. The van der Waals surface area contributed by atoms with E-state index in [0.29, 0.717) is 28.5 Å². The molecule has 3 aromatic rings. The van der Waals surface area contributed by atoms with Gasteiger partial charge in [-0.1, -0.05) is 23.7 Å². The number of hydrogen-bond acceptors (Lipinski definition) is 4. The van der Waals surface area contributed by atoms with Gasteiger partial charge in [0.15, 0.2) is 0 Å². The number of nitrogens with zero attached hydrogens (tertiary/aromatic N) is 2. The summed E-state index contributed by atoms with van der Waals surface area (Å²) in [6.07, 6.45) is -2.71. The van der Waals surface area contributed by atoms with Gasteiger partial charge < -0.3 is 4.42 Å². The monoisotopic (exact) mass is 420 g/mol.